The standard InChI is InChI=1S/C21H19ClFN3O4S/c1-11-19(13(3)27)12(2)24-20(11)21(28)25-17-10-14(22)8-9-16(17)26-31(29,30)18-7-5-4-6-15(18)23/h4-10,24,26H,1-3H3,(H,25,28). The highest BCUT2D eigenvalue weighted by Gasteiger charge is 2.23. The van der Waals surface area contributed by atoms with Crippen molar-refractivity contribution in [3.63, 3.8) is 0 Å². The van der Waals surface area contributed by atoms with Crippen molar-refractivity contribution in [2.75, 3.05) is 10.0 Å². The van der Waals surface area contributed by atoms with Crippen molar-refractivity contribution in [1.82, 2.24) is 4.98 Å². The van der Waals surface area contributed by atoms with E-state index in [1.807, 2.05) is 0 Å². The lowest BCUT2D eigenvalue weighted by molar-refractivity contribution is 0.101. The van der Waals surface area contributed by atoms with Gasteiger partial charge in [-0.05, 0) is 56.7 Å². The maximum Gasteiger partial charge on any atom is 0.272 e. The summed E-state index contributed by atoms with van der Waals surface area (Å²) in [5, 5.41) is 2.83. The number of halogens is 2. The molecule has 3 N–H and O–H groups in total. The molecule has 0 aliphatic heterocycles. The molecule has 0 bridgehead atoms. The zero-order chi connectivity index (χ0) is 22.9. The number of aryl methyl sites for hydroxylation is 1. The number of nitrogens with one attached hydrogen (secondary N) is 3. The predicted octanol–water partition coefficient (Wildman–Crippen LogP) is 4.68. The topological polar surface area (TPSA) is 108 Å². The van der Waals surface area contributed by atoms with E-state index >= 15 is 0 Å². The molecule has 2 aromatic carbocycles. The third-order valence-corrected chi connectivity index (χ3v) is 6.25. The summed E-state index contributed by atoms with van der Waals surface area (Å²) in [5.41, 5.74) is 1.64. The molecule has 31 heavy (non-hydrogen) atoms. The lowest BCUT2D eigenvalue weighted by Crippen LogP contribution is -2.18. The van der Waals surface area contributed by atoms with Gasteiger partial charge in [-0.25, -0.2) is 12.8 Å². The van der Waals surface area contributed by atoms with Crippen molar-refractivity contribution in [1.29, 1.82) is 0 Å². The van der Waals surface area contributed by atoms with E-state index in [4.69, 9.17) is 11.6 Å². The molecule has 3 rings (SSSR count). The number of carbonyl (C=O) groups is 2. The molecule has 7 nitrogen and oxygen atoms in total. The molecule has 10 heteroatoms. The Morgan fingerprint density at radius 2 is 1.74 bits per heavy atom. The van der Waals surface area contributed by atoms with Crippen molar-refractivity contribution in [3.8, 4) is 0 Å². The van der Waals surface area contributed by atoms with Gasteiger partial charge < -0.3 is 10.3 Å². The second-order valence-corrected chi connectivity index (χ2v) is 8.95. The lowest BCUT2D eigenvalue weighted by atomic mass is 10.1. The number of H-pyrrole nitrogens is 1. The number of aromatic nitrogens is 1. The van der Waals surface area contributed by atoms with Crippen LogP contribution in [0.4, 0.5) is 15.8 Å². The molecule has 3 aromatic rings. The van der Waals surface area contributed by atoms with E-state index in [1.54, 1.807) is 13.8 Å². The second kappa shape index (κ2) is 8.52. The second-order valence-electron chi connectivity index (χ2n) is 6.86. The molecule has 1 aromatic heterocycles. The molecule has 0 saturated heterocycles. The van der Waals surface area contributed by atoms with Gasteiger partial charge in [0, 0.05) is 16.3 Å². The van der Waals surface area contributed by atoms with E-state index in [0.717, 1.165) is 12.1 Å². The fourth-order valence-electron chi connectivity index (χ4n) is 3.26. The van der Waals surface area contributed by atoms with E-state index in [0.29, 0.717) is 16.8 Å². The zero-order valence-electron chi connectivity index (χ0n) is 16.8. The number of ketones is 1. The fourth-order valence-corrected chi connectivity index (χ4v) is 4.59. The molecule has 1 amide bonds. The van der Waals surface area contributed by atoms with E-state index in [-0.39, 0.29) is 27.9 Å². The Kier molecular flexibility index (Phi) is 6.19. The number of anilines is 2. The summed E-state index contributed by atoms with van der Waals surface area (Å²) in [6.45, 7) is 4.71. The first kappa shape index (κ1) is 22.5. The van der Waals surface area contributed by atoms with Crippen LogP contribution < -0.4 is 10.0 Å². The molecule has 0 aliphatic carbocycles. The highest BCUT2D eigenvalue weighted by atomic mass is 35.5. The van der Waals surface area contributed by atoms with Crippen molar-refractivity contribution >= 4 is 44.7 Å². The molecule has 0 saturated carbocycles. The molecule has 0 atom stereocenters. The van der Waals surface area contributed by atoms with Gasteiger partial charge in [-0.1, -0.05) is 23.7 Å². The summed E-state index contributed by atoms with van der Waals surface area (Å²) in [6.07, 6.45) is 0. The Hall–Kier alpha value is -3.17. The average Bonchev–Trinajstić information content (AvgIpc) is 2.98. The van der Waals surface area contributed by atoms with Gasteiger partial charge in [0.1, 0.15) is 16.4 Å². The minimum atomic E-state index is -4.27. The number of benzene rings is 2. The molecule has 0 spiro atoms. The van der Waals surface area contributed by atoms with Gasteiger partial charge in [-0.15, -0.1) is 0 Å². The van der Waals surface area contributed by atoms with Gasteiger partial charge in [0.25, 0.3) is 15.9 Å². The summed E-state index contributed by atoms with van der Waals surface area (Å²) in [5.74, 6) is -1.70. The van der Waals surface area contributed by atoms with Crippen LogP contribution in [0.2, 0.25) is 5.02 Å². The monoisotopic (exact) mass is 463 g/mol. The number of Topliss-reactive ketones (excluding diaryl/α,β-unsaturated/α-hetero) is 1. The van der Waals surface area contributed by atoms with Crippen LogP contribution in [0.1, 0.15) is 39.0 Å². The number of hydrogen-bond acceptors (Lipinski definition) is 4. The van der Waals surface area contributed by atoms with Crippen LogP contribution in [0.5, 0.6) is 0 Å². The first-order valence-electron chi connectivity index (χ1n) is 9.09. The van der Waals surface area contributed by atoms with Crippen molar-refractivity contribution in [3.05, 3.63) is 75.8 Å². The number of carbonyl (C=O) groups excluding carboxylic acids is 2. The predicted molar refractivity (Wildman–Crippen MR) is 117 cm³/mol. The normalized spacial score (nSPS) is 11.3. The van der Waals surface area contributed by atoms with Crippen LogP contribution in [0.15, 0.2) is 47.4 Å². The van der Waals surface area contributed by atoms with Gasteiger partial charge in [0.05, 0.1) is 11.4 Å². The Balaban J connectivity index is 1.96. The van der Waals surface area contributed by atoms with Gasteiger partial charge >= 0.3 is 0 Å². The molecule has 0 aliphatic rings. The van der Waals surface area contributed by atoms with Gasteiger partial charge in [0.2, 0.25) is 0 Å². The van der Waals surface area contributed by atoms with Gasteiger partial charge in [-0.2, -0.15) is 0 Å². The van der Waals surface area contributed by atoms with Crippen LogP contribution in [-0.2, 0) is 10.0 Å². The molecule has 0 fully saturated rings. The zero-order valence-corrected chi connectivity index (χ0v) is 18.4. The average molecular weight is 464 g/mol. The van der Waals surface area contributed by atoms with E-state index in [1.165, 1.54) is 37.3 Å². The van der Waals surface area contributed by atoms with E-state index < -0.39 is 26.6 Å². The highest BCUT2D eigenvalue weighted by molar-refractivity contribution is 7.92. The van der Waals surface area contributed by atoms with Gasteiger partial charge in [-0.3, -0.25) is 14.3 Å². The molecule has 0 radical (unpaired) electrons. The van der Waals surface area contributed by atoms with Crippen molar-refractivity contribution in [2.45, 2.75) is 25.7 Å². The van der Waals surface area contributed by atoms with E-state index in [2.05, 4.69) is 15.0 Å². The summed E-state index contributed by atoms with van der Waals surface area (Å²) in [6, 6.07) is 9.06. The maximum absolute atomic E-state index is 14.0. The van der Waals surface area contributed by atoms with Crippen molar-refractivity contribution in [2.24, 2.45) is 0 Å². The molecular formula is C21H19ClFN3O4S. The molecule has 162 valence electrons. The number of amides is 1. The number of sulfonamides is 1. The van der Waals surface area contributed by atoms with Gasteiger partial charge in [0.15, 0.2) is 5.78 Å². The Labute approximate surface area is 183 Å². The quantitative estimate of drug-likeness (QED) is 0.461. The SMILES string of the molecule is CC(=O)c1c(C)[nH]c(C(=O)Nc2cc(Cl)ccc2NS(=O)(=O)c2ccccc2F)c1C. The van der Waals surface area contributed by atoms with Crippen LogP contribution in [0.25, 0.3) is 0 Å². The third-order valence-electron chi connectivity index (χ3n) is 4.62. The Bertz CT molecular complexity index is 1300. The highest BCUT2D eigenvalue weighted by Crippen LogP contribution is 2.30. The van der Waals surface area contributed by atoms with Crippen molar-refractivity contribution < 1.29 is 22.4 Å². The largest absolute Gasteiger partial charge is 0.354 e. The Morgan fingerprint density at radius 3 is 2.35 bits per heavy atom. The first-order chi connectivity index (χ1) is 14.5. The maximum atomic E-state index is 14.0. The van der Waals surface area contributed by atoms with Crippen LogP contribution in [0.3, 0.4) is 0 Å². The minimum Gasteiger partial charge on any atom is -0.354 e. The summed E-state index contributed by atoms with van der Waals surface area (Å²) in [7, 11) is -4.27. The minimum absolute atomic E-state index is 0.00581. The summed E-state index contributed by atoms with van der Waals surface area (Å²) >= 11 is 6.02. The summed E-state index contributed by atoms with van der Waals surface area (Å²) in [4.78, 5) is 27.0. The number of rotatable bonds is 6. The van der Waals surface area contributed by atoms with E-state index in [9.17, 15) is 22.4 Å². The fraction of sp³-hybridized carbons (Fsp3) is 0.143. The molecule has 1 heterocycles. The smallest absolute Gasteiger partial charge is 0.272 e. The van der Waals surface area contributed by atoms with Crippen LogP contribution >= 0.6 is 11.6 Å². The third kappa shape index (κ3) is 4.62. The molecule has 0 unspecified atom stereocenters. The number of hydrogen-bond donors (Lipinski definition) is 3. The number of aromatic amines is 1. The lowest BCUT2D eigenvalue weighted by Gasteiger charge is -2.14. The molecular weight excluding hydrogens is 445 g/mol. The summed E-state index contributed by atoms with van der Waals surface area (Å²) < 4.78 is 41.6. The van der Waals surface area contributed by atoms with Crippen LogP contribution in [0, 0.1) is 19.7 Å². The Morgan fingerprint density at radius 1 is 1.06 bits per heavy atom. The first-order valence-corrected chi connectivity index (χ1v) is 11.0. The van der Waals surface area contributed by atoms with Crippen LogP contribution in [-0.4, -0.2) is 25.1 Å².